The van der Waals surface area contributed by atoms with Crippen molar-refractivity contribution in [3.63, 3.8) is 0 Å². The number of halogens is 5. The summed E-state index contributed by atoms with van der Waals surface area (Å²) in [4.78, 5) is 10.5. The van der Waals surface area contributed by atoms with Crippen molar-refractivity contribution in [3.05, 3.63) is 34.4 Å². The maximum absolute atomic E-state index is 12.6. The number of carbonyl (C=O) groups is 1. The molecule has 0 aliphatic rings. The minimum atomic E-state index is -4.90. The molecule has 102 valence electrons. The second kappa shape index (κ2) is 5.22. The number of nitriles is 1. The molecule has 8 heteroatoms. The fourth-order valence-corrected chi connectivity index (χ4v) is 1.50. The van der Waals surface area contributed by atoms with Crippen LogP contribution in [0.15, 0.2) is 12.1 Å². The van der Waals surface area contributed by atoms with E-state index < -0.39 is 47.2 Å². The van der Waals surface area contributed by atoms with Crippen LogP contribution in [0.1, 0.15) is 28.7 Å². The van der Waals surface area contributed by atoms with Crippen LogP contribution in [0, 0.1) is 11.3 Å². The van der Waals surface area contributed by atoms with E-state index in [1.807, 2.05) is 0 Å². The van der Waals surface area contributed by atoms with Crippen molar-refractivity contribution in [2.24, 2.45) is 0 Å². The SMILES string of the molecule is N#Cc1c(CC(=O)O)cc(C(F)(F)F)cc1C(F)F. The molecule has 0 atom stereocenters. The van der Waals surface area contributed by atoms with Crippen LogP contribution >= 0.6 is 0 Å². The highest BCUT2D eigenvalue weighted by Gasteiger charge is 2.33. The Balaban J connectivity index is 3.55. The molecule has 3 nitrogen and oxygen atoms in total. The van der Waals surface area contributed by atoms with Gasteiger partial charge in [-0.3, -0.25) is 4.79 Å². The van der Waals surface area contributed by atoms with E-state index in [4.69, 9.17) is 10.4 Å². The van der Waals surface area contributed by atoms with Crippen LogP contribution in [-0.2, 0) is 17.4 Å². The first-order chi connectivity index (χ1) is 8.66. The van der Waals surface area contributed by atoms with Gasteiger partial charge in [0.1, 0.15) is 0 Å². The number of aliphatic carboxylic acids is 1. The van der Waals surface area contributed by atoms with Crippen molar-refractivity contribution >= 4 is 5.97 Å². The molecule has 0 fully saturated rings. The Morgan fingerprint density at radius 3 is 2.32 bits per heavy atom. The normalized spacial score (nSPS) is 11.4. The lowest BCUT2D eigenvalue weighted by molar-refractivity contribution is -0.139. The van der Waals surface area contributed by atoms with Crippen LogP contribution in [-0.4, -0.2) is 11.1 Å². The van der Waals surface area contributed by atoms with Crippen LogP contribution in [0.4, 0.5) is 22.0 Å². The van der Waals surface area contributed by atoms with Gasteiger partial charge in [0, 0.05) is 5.56 Å². The Hall–Kier alpha value is -2.17. The van der Waals surface area contributed by atoms with Crippen LogP contribution < -0.4 is 0 Å². The molecular weight excluding hydrogens is 273 g/mol. The molecule has 0 aliphatic carbocycles. The third-order valence-electron chi connectivity index (χ3n) is 2.27. The molecule has 0 spiro atoms. The fraction of sp³-hybridized carbons (Fsp3) is 0.273. The van der Waals surface area contributed by atoms with E-state index in [1.54, 1.807) is 0 Å². The van der Waals surface area contributed by atoms with Gasteiger partial charge in [-0.25, -0.2) is 8.78 Å². The van der Waals surface area contributed by atoms with Crippen LogP contribution in [0.5, 0.6) is 0 Å². The van der Waals surface area contributed by atoms with E-state index in [9.17, 15) is 26.7 Å². The summed E-state index contributed by atoms with van der Waals surface area (Å²) in [7, 11) is 0. The molecule has 0 amide bonds. The van der Waals surface area contributed by atoms with E-state index in [-0.39, 0.29) is 6.07 Å². The average molecular weight is 279 g/mol. The van der Waals surface area contributed by atoms with Gasteiger partial charge in [-0.05, 0) is 17.7 Å². The topological polar surface area (TPSA) is 61.1 Å². The van der Waals surface area contributed by atoms with Gasteiger partial charge < -0.3 is 5.11 Å². The number of nitrogens with zero attached hydrogens (tertiary/aromatic N) is 1. The van der Waals surface area contributed by atoms with E-state index in [1.165, 1.54) is 6.07 Å². The summed E-state index contributed by atoms with van der Waals surface area (Å²) in [6, 6.07) is 1.88. The Morgan fingerprint density at radius 1 is 1.37 bits per heavy atom. The quantitative estimate of drug-likeness (QED) is 0.864. The van der Waals surface area contributed by atoms with Gasteiger partial charge in [-0.15, -0.1) is 0 Å². The number of hydrogen-bond acceptors (Lipinski definition) is 2. The summed E-state index contributed by atoms with van der Waals surface area (Å²) in [5.74, 6) is -1.52. The largest absolute Gasteiger partial charge is 0.481 e. The lowest BCUT2D eigenvalue weighted by atomic mass is 9.96. The minimum absolute atomic E-state index is 0.161. The van der Waals surface area contributed by atoms with Gasteiger partial charge >= 0.3 is 12.1 Å². The highest BCUT2D eigenvalue weighted by molar-refractivity contribution is 5.72. The molecule has 0 bridgehead atoms. The Bertz CT molecular complexity index is 545. The molecule has 0 unspecified atom stereocenters. The van der Waals surface area contributed by atoms with Gasteiger partial charge in [0.2, 0.25) is 0 Å². The zero-order chi connectivity index (χ0) is 14.8. The maximum atomic E-state index is 12.6. The molecule has 0 saturated carbocycles. The van der Waals surface area contributed by atoms with Gasteiger partial charge in [0.25, 0.3) is 6.43 Å². The van der Waals surface area contributed by atoms with E-state index >= 15 is 0 Å². The monoisotopic (exact) mass is 279 g/mol. The molecule has 0 aromatic heterocycles. The number of carboxylic acids is 1. The summed E-state index contributed by atoms with van der Waals surface area (Å²) in [5.41, 5.74) is -3.84. The average Bonchev–Trinajstić information content (AvgIpc) is 2.25. The first kappa shape index (κ1) is 14.9. The van der Waals surface area contributed by atoms with Crippen LogP contribution in [0.3, 0.4) is 0 Å². The van der Waals surface area contributed by atoms with Gasteiger partial charge in [0.05, 0.1) is 23.6 Å². The molecule has 1 aromatic carbocycles. The Kier molecular flexibility index (Phi) is 4.09. The van der Waals surface area contributed by atoms with Crippen molar-refractivity contribution in [1.82, 2.24) is 0 Å². The van der Waals surface area contributed by atoms with Gasteiger partial charge in [-0.1, -0.05) is 0 Å². The maximum Gasteiger partial charge on any atom is 0.416 e. The fourth-order valence-electron chi connectivity index (χ4n) is 1.50. The number of rotatable bonds is 3. The van der Waals surface area contributed by atoms with Gasteiger partial charge in [-0.2, -0.15) is 18.4 Å². The molecule has 0 aliphatic heterocycles. The summed E-state index contributed by atoms with van der Waals surface area (Å²) in [5, 5.41) is 17.2. The molecule has 1 aromatic rings. The zero-order valence-electron chi connectivity index (χ0n) is 9.13. The number of alkyl halides is 5. The highest BCUT2D eigenvalue weighted by Crippen LogP contribution is 2.35. The molecule has 0 saturated heterocycles. The smallest absolute Gasteiger partial charge is 0.416 e. The molecule has 1 rings (SSSR count). The van der Waals surface area contributed by atoms with E-state index in [2.05, 4.69) is 0 Å². The number of carboxylic acid groups (broad SMARTS) is 1. The van der Waals surface area contributed by atoms with Gasteiger partial charge in [0.15, 0.2) is 0 Å². The van der Waals surface area contributed by atoms with Crippen molar-refractivity contribution in [2.45, 2.75) is 19.0 Å². The number of benzene rings is 1. The van der Waals surface area contributed by atoms with Crippen molar-refractivity contribution in [3.8, 4) is 6.07 Å². The van der Waals surface area contributed by atoms with Crippen LogP contribution in [0.25, 0.3) is 0 Å². The van der Waals surface area contributed by atoms with Crippen molar-refractivity contribution in [2.75, 3.05) is 0 Å². The minimum Gasteiger partial charge on any atom is -0.481 e. The molecule has 1 N–H and O–H groups in total. The second-order valence-corrected chi connectivity index (χ2v) is 3.58. The molecule has 19 heavy (non-hydrogen) atoms. The lowest BCUT2D eigenvalue weighted by Crippen LogP contribution is -2.11. The molecule has 0 heterocycles. The van der Waals surface area contributed by atoms with E-state index in [0.29, 0.717) is 6.07 Å². The third kappa shape index (κ3) is 3.40. The highest BCUT2D eigenvalue weighted by atomic mass is 19.4. The zero-order valence-corrected chi connectivity index (χ0v) is 9.13. The summed E-state index contributed by atoms with van der Waals surface area (Å²) >= 11 is 0. The Morgan fingerprint density at radius 2 is 1.95 bits per heavy atom. The first-order valence-electron chi connectivity index (χ1n) is 4.81. The van der Waals surface area contributed by atoms with E-state index in [0.717, 1.165) is 0 Å². The predicted octanol–water partition coefficient (Wildman–Crippen LogP) is 3.14. The van der Waals surface area contributed by atoms with Crippen LogP contribution in [0.2, 0.25) is 0 Å². The van der Waals surface area contributed by atoms with Crippen molar-refractivity contribution < 1.29 is 31.9 Å². The standard InChI is InChI=1S/C11H6F5NO2/c12-10(13)7-3-6(11(14,15)16)1-5(2-9(18)19)8(7)4-17/h1,3,10H,2H2,(H,18,19). The summed E-state index contributed by atoms with van der Waals surface area (Å²) in [6.07, 6.45) is -9.14. The second-order valence-electron chi connectivity index (χ2n) is 3.58. The summed E-state index contributed by atoms with van der Waals surface area (Å²) in [6.45, 7) is 0. The first-order valence-corrected chi connectivity index (χ1v) is 4.81. The lowest BCUT2D eigenvalue weighted by Gasteiger charge is -2.13. The third-order valence-corrected chi connectivity index (χ3v) is 2.27. The Labute approximate surface area is 103 Å². The molecular formula is C11H6F5NO2. The predicted molar refractivity (Wildman–Crippen MR) is 52.5 cm³/mol. The summed E-state index contributed by atoms with van der Waals surface area (Å²) < 4.78 is 62.8. The number of hydrogen-bond donors (Lipinski definition) is 1. The molecule has 0 radical (unpaired) electrons. The van der Waals surface area contributed by atoms with Crippen molar-refractivity contribution in [1.29, 1.82) is 5.26 Å².